The third-order valence-electron chi connectivity index (χ3n) is 3.47. The van der Waals surface area contributed by atoms with Gasteiger partial charge in [0.05, 0.1) is 17.3 Å². The predicted octanol–water partition coefficient (Wildman–Crippen LogP) is 0.495. The zero-order chi connectivity index (χ0) is 13.3. The van der Waals surface area contributed by atoms with Crippen LogP contribution in [0.3, 0.4) is 0 Å². The molecule has 18 heavy (non-hydrogen) atoms. The lowest BCUT2D eigenvalue weighted by molar-refractivity contribution is -0.121. The van der Waals surface area contributed by atoms with Crippen LogP contribution < -0.4 is 16.4 Å². The minimum absolute atomic E-state index is 0.0744. The Morgan fingerprint density at radius 2 is 2.28 bits per heavy atom. The fourth-order valence-electron chi connectivity index (χ4n) is 2.47. The first-order valence-electron chi connectivity index (χ1n) is 6.41. The van der Waals surface area contributed by atoms with Gasteiger partial charge in [-0.05, 0) is 19.8 Å². The number of primary amides is 1. The molecule has 1 aromatic rings. The van der Waals surface area contributed by atoms with E-state index >= 15 is 0 Å². The van der Waals surface area contributed by atoms with Gasteiger partial charge in [-0.2, -0.15) is 5.10 Å². The van der Waals surface area contributed by atoms with Gasteiger partial charge in [-0.3, -0.25) is 4.79 Å². The maximum Gasteiger partial charge on any atom is 0.222 e. The Hall–Kier alpha value is -1.72. The van der Waals surface area contributed by atoms with Crippen LogP contribution in [-0.4, -0.2) is 28.8 Å². The molecule has 0 radical (unpaired) electrons. The lowest BCUT2D eigenvalue weighted by Crippen LogP contribution is -2.29. The van der Waals surface area contributed by atoms with E-state index in [4.69, 9.17) is 11.5 Å². The van der Waals surface area contributed by atoms with Crippen molar-refractivity contribution in [2.75, 3.05) is 23.7 Å². The number of nitrogens with zero attached hydrogens (tertiary/aromatic N) is 3. The van der Waals surface area contributed by atoms with E-state index < -0.39 is 0 Å². The molecule has 1 amide bonds. The second-order valence-electron chi connectivity index (χ2n) is 4.88. The van der Waals surface area contributed by atoms with Crippen molar-refractivity contribution in [1.82, 2.24) is 9.78 Å². The molecule has 1 aliphatic rings. The van der Waals surface area contributed by atoms with Gasteiger partial charge >= 0.3 is 0 Å². The van der Waals surface area contributed by atoms with Gasteiger partial charge in [-0.15, -0.1) is 0 Å². The van der Waals surface area contributed by atoms with Crippen molar-refractivity contribution in [2.45, 2.75) is 33.2 Å². The van der Waals surface area contributed by atoms with E-state index in [0.29, 0.717) is 12.2 Å². The first kappa shape index (κ1) is 12.7. The Morgan fingerprint density at radius 3 is 2.83 bits per heavy atom. The first-order valence-corrected chi connectivity index (χ1v) is 6.41. The molecule has 100 valence electrons. The Bertz CT molecular complexity index is 454. The van der Waals surface area contributed by atoms with Crippen molar-refractivity contribution in [2.24, 2.45) is 11.7 Å². The summed E-state index contributed by atoms with van der Waals surface area (Å²) in [4.78, 5) is 13.3. The van der Waals surface area contributed by atoms with E-state index in [1.807, 2.05) is 11.6 Å². The molecule has 1 fully saturated rings. The van der Waals surface area contributed by atoms with Crippen molar-refractivity contribution < 1.29 is 4.79 Å². The number of rotatable bonds is 4. The van der Waals surface area contributed by atoms with E-state index in [1.54, 1.807) is 0 Å². The second kappa shape index (κ2) is 4.88. The maximum absolute atomic E-state index is 11.2. The summed E-state index contributed by atoms with van der Waals surface area (Å²) in [5.74, 6) is 0.641. The predicted molar refractivity (Wildman–Crippen MR) is 71.2 cm³/mol. The van der Waals surface area contributed by atoms with Gasteiger partial charge in [-0.25, -0.2) is 4.68 Å². The number of carbonyl (C=O) groups excluding carboxylic acids is 1. The summed E-state index contributed by atoms with van der Waals surface area (Å²) in [6.07, 6.45) is 1.80. The second-order valence-corrected chi connectivity index (χ2v) is 4.88. The molecule has 0 saturated carbocycles. The van der Waals surface area contributed by atoms with Crippen molar-refractivity contribution >= 4 is 17.4 Å². The number of hydrogen-bond acceptors (Lipinski definition) is 4. The summed E-state index contributed by atoms with van der Waals surface area (Å²) in [7, 11) is 0. The molecule has 2 heterocycles. The number of aromatic nitrogens is 2. The largest absolute Gasteiger partial charge is 0.394 e. The molecule has 1 aliphatic heterocycles. The van der Waals surface area contributed by atoms with Gasteiger partial charge < -0.3 is 16.4 Å². The maximum atomic E-state index is 11.2. The van der Waals surface area contributed by atoms with Gasteiger partial charge in [0.1, 0.15) is 0 Å². The van der Waals surface area contributed by atoms with Crippen molar-refractivity contribution in [3.63, 3.8) is 0 Å². The highest BCUT2D eigenvalue weighted by Gasteiger charge is 2.30. The summed E-state index contributed by atoms with van der Waals surface area (Å²) >= 11 is 0. The summed E-state index contributed by atoms with van der Waals surface area (Å²) in [6, 6.07) is 0. The number of carbonyl (C=O) groups is 1. The van der Waals surface area contributed by atoms with Crippen LogP contribution in [0, 0.1) is 12.8 Å². The van der Waals surface area contributed by atoms with Crippen LogP contribution in [0.1, 0.15) is 25.5 Å². The van der Waals surface area contributed by atoms with E-state index in [9.17, 15) is 4.79 Å². The molecule has 1 atom stereocenters. The van der Waals surface area contributed by atoms with Crippen LogP contribution in [0.25, 0.3) is 0 Å². The Morgan fingerprint density at radius 1 is 1.56 bits per heavy atom. The molecular weight excluding hydrogens is 230 g/mol. The molecule has 1 unspecified atom stereocenters. The third kappa shape index (κ3) is 2.14. The highest BCUT2D eigenvalue weighted by Crippen LogP contribution is 2.31. The Kier molecular flexibility index (Phi) is 3.45. The SMILES string of the molecule is CCCn1nc(C)c(N)c1N1CCC(C(N)=O)C1. The third-order valence-corrected chi connectivity index (χ3v) is 3.47. The zero-order valence-electron chi connectivity index (χ0n) is 11.0. The van der Waals surface area contributed by atoms with Gasteiger partial charge in [0, 0.05) is 19.6 Å². The highest BCUT2D eigenvalue weighted by molar-refractivity contribution is 5.79. The summed E-state index contributed by atoms with van der Waals surface area (Å²) in [6.45, 7) is 6.31. The molecule has 2 rings (SSSR count). The van der Waals surface area contributed by atoms with Gasteiger partial charge in [0.15, 0.2) is 5.82 Å². The monoisotopic (exact) mass is 251 g/mol. The smallest absolute Gasteiger partial charge is 0.222 e. The normalized spacial score (nSPS) is 19.4. The van der Waals surface area contributed by atoms with Crippen LogP contribution in [0.2, 0.25) is 0 Å². The summed E-state index contributed by atoms with van der Waals surface area (Å²) < 4.78 is 1.94. The van der Waals surface area contributed by atoms with Crippen molar-refractivity contribution in [3.8, 4) is 0 Å². The van der Waals surface area contributed by atoms with Crippen LogP contribution in [0.5, 0.6) is 0 Å². The number of amides is 1. The van der Waals surface area contributed by atoms with Crippen LogP contribution in [-0.2, 0) is 11.3 Å². The minimum atomic E-state index is -0.227. The van der Waals surface area contributed by atoms with Crippen LogP contribution in [0.4, 0.5) is 11.5 Å². The fraction of sp³-hybridized carbons (Fsp3) is 0.667. The standard InChI is InChI=1S/C12H21N5O/c1-3-5-17-12(10(13)8(2)15-17)16-6-4-9(7-16)11(14)18/h9H,3-7,13H2,1-2H3,(H2,14,18). The average molecular weight is 251 g/mol. The average Bonchev–Trinajstić information content (AvgIpc) is 2.87. The van der Waals surface area contributed by atoms with Crippen molar-refractivity contribution in [3.05, 3.63) is 5.69 Å². The number of aryl methyl sites for hydroxylation is 2. The zero-order valence-corrected chi connectivity index (χ0v) is 11.0. The molecule has 0 bridgehead atoms. The Balaban J connectivity index is 2.25. The quantitative estimate of drug-likeness (QED) is 0.815. The van der Waals surface area contributed by atoms with Gasteiger partial charge in [-0.1, -0.05) is 6.92 Å². The van der Waals surface area contributed by atoms with E-state index in [-0.39, 0.29) is 11.8 Å². The number of nitrogen functional groups attached to an aromatic ring is 1. The molecular formula is C12H21N5O. The van der Waals surface area contributed by atoms with Crippen LogP contribution >= 0.6 is 0 Å². The van der Waals surface area contributed by atoms with Gasteiger partial charge in [0.2, 0.25) is 5.91 Å². The topological polar surface area (TPSA) is 90.2 Å². The van der Waals surface area contributed by atoms with Crippen molar-refractivity contribution in [1.29, 1.82) is 0 Å². The molecule has 0 aliphatic carbocycles. The number of nitrogens with two attached hydrogens (primary N) is 2. The van der Waals surface area contributed by atoms with E-state index in [2.05, 4.69) is 16.9 Å². The molecule has 4 N–H and O–H groups in total. The molecule has 1 saturated heterocycles. The molecule has 6 heteroatoms. The van der Waals surface area contributed by atoms with Crippen LogP contribution in [0.15, 0.2) is 0 Å². The van der Waals surface area contributed by atoms with E-state index in [0.717, 1.165) is 37.4 Å². The minimum Gasteiger partial charge on any atom is -0.394 e. The lowest BCUT2D eigenvalue weighted by atomic mass is 10.1. The van der Waals surface area contributed by atoms with Gasteiger partial charge in [0.25, 0.3) is 0 Å². The molecule has 1 aromatic heterocycles. The Labute approximate surface area is 107 Å². The molecule has 0 aromatic carbocycles. The summed E-state index contributed by atoms with van der Waals surface area (Å²) in [5.41, 5.74) is 13.0. The first-order chi connectivity index (χ1) is 8.54. The molecule has 6 nitrogen and oxygen atoms in total. The number of hydrogen-bond donors (Lipinski definition) is 2. The molecule has 0 spiro atoms. The fourth-order valence-corrected chi connectivity index (χ4v) is 2.47. The highest BCUT2D eigenvalue weighted by atomic mass is 16.1. The lowest BCUT2D eigenvalue weighted by Gasteiger charge is -2.20. The summed E-state index contributed by atoms with van der Waals surface area (Å²) in [5, 5.41) is 4.45. The van der Waals surface area contributed by atoms with E-state index in [1.165, 1.54) is 0 Å². The number of anilines is 2.